The van der Waals surface area contributed by atoms with E-state index in [0.717, 1.165) is 56.0 Å². The SMILES string of the molecule is O=C(NCc1cccnc1)c1ccc(N2CCC(NCC[C@H]3COc4ccccc4O3)CC2)cc1. The van der Waals surface area contributed by atoms with Gasteiger partial charge in [-0.25, -0.2) is 0 Å². The summed E-state index contributed by atoms with van der Waals surface area (Å²) in [4.78, 5) is 18.9. The number of benzene rings is 2. The van der Waals surface area contributed by atoms with Crippen molar-refractivity contribution in [2.75, 3.05) is 31.1 Å². The number of nitrogens with one attached hydrogen (secondary N) is 2. The fourth-order valence-electron chi connectivity index (χ4n) is 4.61. The largest absolute Gasteiger partial charge is 0.486 e. The zero-order valence-electron chi connectivity index (χ0n) is 19.9. The summed E-state index contributed by atoms with van der Waals surface area (Å²) >= 11 is 0. The van der Waals surface area contributed by atoms with Gasteiger partial charge in [-0.2, -0.15) is 0 Å². The summed E-state index contributed by atoms with van der Waals surface area (Å²) < 4.78 is 11.9. The molecule has 2 aromatic carbocycles. The number of hydrogen-bond donors (Lipinski definition) is 2. The molecule has 35 heavy (non-hydrogen) atoms. The molecule has 0 aliphatic carbocycles. The van der Waals surface area contributed by atoms with Crippen molar-refractivity contribution < 1.29 is 14.3 Å². The summed E-state index contributed by atoms with van der Waals surface area (Å²) in [5.74, 6) is 1.61. The lowest BCUT2D eigenvalue weighted by molar-refractivity contribution is 0.0841. The number of ether oxygens (including phenoxy) is 2. The maximum atomic E-state index is 12.5. The molecule has 1 aromatic heterocycles. The van der Waals surface area contributed by atoms with E-state index in [9.17, 15) is 4.79 Å². The molecule has 2 aliphatic heterocycles. The number of hydrogen-bond acceptors (Lipinski definition) is 6. The molecule has 2 aliphatic rings. The number of piperidine rings is 1. The average Bonchev–Trinajstić information content (AvgIpc) is 2.93. The van der Waals surface area contributed by atoms with Crippen LogP contribution < -0.4 is 25.0 Å². The van der Waals surface area contributed by atoms with Crippen molar-refractivity contribution >= 4 is 11.6 Å². The van der Waals surface area contributed by atoms with Crippen LogP contribution in [-0.4, -0.2) is 49.3 Å². The number of pyridine rings is 1. The van der Waals surface area contributed by atoms with Gasteiger partial charge in [0.15, 0.2) is 11.5 Å². The molecule has 1 atom stereocenters. The van der Waals surface area contributed by atoms with Gasteiger partial charge in [0.25, 0.3) is 5.91 Å². The molecule has 0 unspecified atom stereocenters. The highest BCUT2D eigenvalue weighted by molar-refractivity contribution is 5.94. The minimum absolute atomic E-state index is 0.0702. The number of rotatable bonds is 8. The van der Waals surface area contributed by atoms with Gasteiger partial charge in [-0.1, -0.05) is 18.2 Å². The van der Waals surface area contributed by atoms with E-state index in [4.69, 9.17) is 9.47 Å². The van der Waals surface area contributed by atoms with Crippen LogP contribution in [0, 0.1) is 0 Å². The van der Waals surface area contributed by atoms with Crippen LogP contribution in [0.1, 0.15) is 35.2 Å². The van der Waals surface area contributed by atoms with E-state index >= 15 is 0 Å². The van der Waals surface area contributed by atoms with Crippen molar-refractivity contribution in [1.29, 1.82) is 0 Å². The summed E-state index contributed by atoms with van der Waals surface area (Å²) in [6.45, 7) is 4.00. The van der Waals surface area contributed by atoms with Crippen LogP contribution >= 0.6 is 0 Å². The Labute approximate surface area is 206 Å². The zero-order chi connectivity index (χ0) is 23.9. The van der Waals surface area contributed by atoms with Crippen LogP contribution in [0.5, 0.6) is 11.5 Å². The minimum atomic E-state index is -0.0702. The Balaban J connectivity index is 1.02. The van der Waals surface area contributed by atoms with Gasteiger partial charge < -0.3 is 25.0 Å². The number of carbonyl (C=O) groups is 1. The molecule has 5 rings (SSSR count). The van der Waals surface area contributed by atoms with Crippen LogP contribution in [0.3, 0.4) is 0 Å². The van der Waals surface area contributed by atoms with Crippen molar-refractivity contribution in [2.45, 2.75) is 38.0 Å². The molecular formula is C28H32N4O3. The molecule has 182 valence electrons. The second-order valence-electron chi connectivity index (χ2n) is 9.09. The lowest BCUT2D eigenvalue weighted by Gasteiger charge is -2.34. The van der Waals surface area contributed by atoms with Gasteiger partial charge in [0, 0.05) is 55.7 Å². The topological polar surface area (TPSA) is 75.7 Å². The third kappa shape index (κ3) is 6.11. The Bertz CT molecular complexity index is 1100. The fraction of sp³-hybridized carbons (Fsp3) is 0.357. The maximum absolute atomic E-state index is 12.5. The second-order valence-corrected chi connectivity index (χ2v) is 9.09. The van der Waals surface area contributed by atoms with E-state index in [1.165, 1.54) is 5.69 Å². The van der Waals surface area contributed by atoms with Gasteiger partial charge >= 0.3 is 0 Å². The first-order valence-corrected chi connectivity index (χ1v) is 12.4. The zero-order valence-corrected chi connectivity index (χ0v) is 19.9. The molecular weight excluding hydrogens is 440 g/mol. The Morgan fingerprint density at radius 1 is 1.00 bits per heavy atom. The van der Waals surface area contributed by atoms with Gasteiger partial charge in [-0.15, -0.1) is 0 Å². The fourth-order valence-corrected chi connectivity index (χ4v) is 4.61. The van der Waals surface area contributed by atoms with Gasteiger partial charge in [0.1, 0.15) is 12.7 Å². The van der Waals surface area contributed by atoms with Gasteiger partial charge in [-0.3, -0.25) is 9.78 Å². The van der Waals surface area contributed by atoms with Gasteiger partial charge in [0.2, 0.25) is 0 Å². The lowest BCUT2D eigenvalue weighted by atomic mass is 10.0. The molecule has 1 amide bonds. The molecule has 0 saturated carbocycles. The first kappa shape index (κ1) is 23.2. The number of para-hydroxylation sites is 2. The van der Waals surface area contributed by atoms with E-state index < -0.39 is 0 Å². The first-order chi connectivity index (χ1) is 17.2. The van der Waals surface area contributed by atoms with E-state index in [1.807, 2.05) is 60.7 Å². The number of aromatic nitrogens is 1. The van der Waals surface area contributed by atoms with Crippen molar-refractivity contribution in [2.24, 2.45) is 0 Å². The summed E-state index contributed by atoms with van der Waals surface area (Å²) in [5, 5.41) is 6.65. The molecule has 3 aromatic rings. The number of nitrogens with zero attached hydrogens (tertiary/aromatic N) is 2. The van der Waals surface area contributed by atoms with E-state index in [2.05, 4.69) is 20.5 Å². The number of anilines is 1. The monoisotopic (exact) mass is 472 g/mol. The van der Waals surface area contributed by atoms with Gasteiger partial charge in [-0.05, 0) is 67.4 Å². The summed E-state index contributed by atoms with van der Waals surface area (Å²) in [6, 6.07) is 20.1. The van der Waals surface area contributed by atoms with Crippen LogP contribution in [0.2, 0.25) is 0 Å². The molecule has 3 heterocycles. The third-order valence-electron chi connectivity index (χ3n) is 6.63. The Kier molecular flexibility index (Phi) is 7.44. The van der Waals surface area contributed by atoms with Crippen molar-refractivity contribution in [3.8, 4) is 11.5 Å². The smallest absolute Gasteiger partial charge is 0.251 e. The highest BCUT2D eigenvalue weighted by Gasteiger charge is 2.22. The average molecular weight is 473 g/mol. The molecule has 2 N–H and O–H groups in total. The van der Waals surface area contributed by atoms with Crippen molar-refractivity contribution in [1.82, 2.24) is 15.6 Å². The summed E-state index contributed by atoms with van der Waals surface area (Å²) in [5.41, 5.74) is 2.82. The number of fused-ring (bicyclic) bond motifs is 1. The highest BCUT2D eigenvalue weighted by atomic mass is 16.6. The molecule has 0 bridgehead atoms. The molecule has 1 fully saturated rings. The second kappa shape index (κ2) is 11.2. The first-order valence-electron chi connectivity index (χ1n) is 12.4. The Morgan fingerprint density at radius 2 is 1.80 bits per heavy atom. The van der Waals surface area contributed by atoms with Gasteiger partial charge in [0.05, 0.1) is 0 Å². The summed E-state index contributed by atoms with van der Waals surface area (Å²) in [6.07, 6.45) is 6.70. The van der Waals surface area contributed by atoms with Crippen LogP contribution in [0.25, 0.3) is 0 Å². The molecule has 1 saturated heterocycles. The standard InChI is InChI=1S/C28H32N4O3/c33-28(31-19-21-4-3-14-29-18-21)22-7-9-24(10-8-22)32-16-12-23(13-17-32)30-15-11-25-20-34-26-5-1-2-6-27(26)35-25/h1-10,14,18,23,25,30H,11-13,15-17,19-20H2,(H,31,33)/t25-/m0/s1. The van der Waals surface area contributed by atoms with Crippen LogP contribution in [-0.2, 0) is 6.54 Å². The number of amides is 1. The Hall–Kier alpha value is -3.58. The van der Waals surface area contributed by atoms with Crippen molar-refractivity contribution in [3.05, 3.63) is 84.2 Å². The minimum Gasteiger partial charge on any atom is -0.486 e. The predicted molar refractivity (Wildman–Crippen MR) is 136 cm³/mol. The van der Waals surface area contributed by atoms with E-state index in [1.54, 1.807) is 12.4 Å². The predicted octanol–water partition coefficient (Wildman–Crippen LogP) is 3.80. The normalized spacial score (nSPS) is 17.7. The maximum Gasteiger partial charge on any atom is 0.251 e. The van der Waals surface area contributed by atoms with E-state index in [-0.39, 0.29) is 12.0 Å². The van der Waals surface area contributed by atoms with Crippen LogP contribution in [0.4, 0.5) is 5.69 Å². The number of carbonyl (C=O) groups excluding carboxylic acids is 1. The Morgan fingerprint density at radius 3 is 2.57 bits per heavy atom. The molecule has 7 nitrogen and oxygen atoms in total. The quantitative estimate of drug-likeness (QED) is 0.520. The molecule has 0 radical (unpaired) electrons. The van der Waals surface area contributed by atoms with Crippen molar-refractivity contribution in [3.63, 3.8) is 0 Å². The lowest BCUT2D eigenvalue weighted by Crippen LogP contribution is -2.44. The summed E-state index contributed by atoms with van der Waals surface area (Å²) in [7, 11) is 0. The molecule has 0 spiro atoms. The highest BCUT2D eigenvalue weighted by Crippen LogP contribution is 2.31. The van der Waals surface area contributed by atoms with Crippen LogP contribution in [0.15, 0.2) is 73.1 Å². The third-order valence-corrected chi connectivity index (χ3v) is 6.63. The van der Waals surface area contributed by atoms with E-state index in [0.29, 0.717) is 24.8 Å². The molecule has 7 heteroatoms.